The first-order chi connectivity index (χ1) is 8.33. The molecule has 4 heteroatoms. The third-order valence-corrected chi connectivity index (χ3v) is 4.67. The summed E-state index contributed by atoms with van der Waals surface area (Å²) in [6.45, 7) is 14.2. The molecule has 1 heterocycles. The van der Waals surface area contributed by atoms with Gasteiger partial charge in [-0.15, -0.1) is 11.3 Å². The average molecular weight is 287 g/mol. The van der Waals surface area contributed by atoms with E-state index in [0.717, 1.165) is 18.1 Å². The number of hydrogen-bond acceptors (Lipinski definition) is 4. The molecule has 104 valence electrons. The quantitative estimate of drug-likeness (QED) is 0.838. The molecular formula is C14H26N2S2. The van der Waals surface area contributed by atoms with Gasteiger partial charge in [-0.3, -0.25) is 0 Å². The third-order valence-electron chi connectivity index (χ3n) is 2.53. The van der Waals surface area contributed by atoms with Crippen molar-refractivity contribution in [3.05, 3.63) is 15.6 Å². The highest BCUT2D eigenvalue weighted by Gasteiger charge is 2.16. The third kappa shape index (κ3) is 5.29. The molecule has 0 radical (unpaired) electrons. The minimum absolute atomic E-state index is 0.163. The molecular weight excluding hydrogens is 260 g/mol. The van der Waals surface area contributed by atoms with Gasteiger partial charge >= 0.3 is 0 Å². The molecule has 0 atom stereocenters. The Bertz CT molecular complexity index is 364. The minimum atomic E-state index is 0.163. The topological polar surface area (TPSA) is 24.9 Å². The van der Waals surface area contributed by atoms with E-state index in [9.17, 15) is 0 Å². The van der Waals surface area contributed by atoms with E-state index in [1.165, 1.54) is 15.6 Å². The summed E-state index contributed by atoms with van der Waals surface area (Å²) in [5.41, 5.74) is 1.44. The molecule has 0 unspecified atom stereocenters. The minimum Gasteiger partial charge on any atom is -0.307 e. The normalized spacial score (nSPS) is 12.4. The predicted molar refractivity (Wildman–Crippen MR) is 84.6 cm³/mol. The Morgan fingerprint density at radius 3 is 2.50 bits per heavy atom. The van der Waals surface area contributed by atoms with Crippen LogP contribution in [0.4, 0.5) is 0 Å². The monoisotopic (exact) mass is 286 g/mol. The molecule has 0 saturated heterocycles. The van der Waals surface area contributed by atoms with Gasteiger partial charge in [0, 0.05) is 22.7 Å². The molecule has 1 rings (SSSR count). The van der Waals surface area contributed by atoms with Crippen molar-refractivity contribution >= 4 is 23.1 Å². The van der Waals surface area contributed by atoms with E-state index < -0.39 is 0 Å². The second-order valence-corrected chi connectivity index (χ2v) is 8.25. The van der Waals surface area contributed by atoms with Gasteiger partial charge in [-0.2, -0.15) is 11.8 Å². The zero-order valence-electron chi connectivity index (χ0n) is 12.5. The van der Waals surface area contributed by atoms with E-state index in [0.29, 0.717) is 5.92 Å². The molecule has 0 bridgehead atoms. The van der Waals surface area contributed by atoms with E-state index in [2.05, 4.69) is 46.9 Å². The van der Waals surface area contributed by atoms with Gasteiger partial charge in [-0.25, -0.2) is 4.98 Å². The van der Waals surface area contributed by atoms with Crippen LogP contribution in [0.1, 0.15) is 63.0 Å². The lowest BCUT2D eigenvalue weighted by Gasteiger charge is -2.20. The second-order valence-electron chi connectivity index (χ2n) is 5.81. The van der Waals surface area contributed by atoms with Gasteiger partial charge in [0.05, 0.1) is 5.69 Å². The van der Waals surface area contributed by atoms with E-state index in [1.807, 2.05) is 23.1 Å². The summed E-state index contributed by atoms with van der Waals surface area (Å²) in [7, 11) is 0. The number of aromatic nitrogens is 1. The lowest BCUT2D eigenvalue weighted by molar-refractivity contribution is 0.425. The summed E-state index contributed by atoms with van der Waals surface area (Å²) in [6.07, 6.45) is 0. The summed E-state index contributed by atoms with van der Waals surface area (Å²) >= 11 is 3.82. The zero-order chi connectivity index (χ0) is 13.8. The molecule has 0 saturated carbocycles. The van der Waals surface area contributed by atoms with E-state index in [1.54, 1.807) is 0 Å². The Morgan fingerprint density at radius 1 is 1.33 bits per heavy atom. The van der Waals surface area contributed by atoms with E-state index in [-0.39, 0.29) is 5.54 Å². The molecule has 1 aromatic heterocycles. The lowest BCUT2D eigenvalue weighted by Crippen LogP contribution is -2.35. The SMILES string of the molecule is CCSCc1nc(C(C)C)c(CNC(C)(C)C)s1. The number of nitrogens with zero attached hydrogens (tertiary/aromatic N) is 1. The Hall–Kier alpha value is -0.0600. The highest BCUT2D eigenvalue weighted by Crippen LogP contribution is 2.27. The number of thioether (sulfide) groups is 1. The van der Waals surface area contributed by atoms with Crippen molar-refractivity contribution in [1.82, 2.24) is 10.3 Å². The van der Waals surface area contributed by atoms with Crippen LogP contribution in [0, 0.1) is 0 Å². The van der Waals surface area contributed by atoms with Crippen molar-refractivity contribution in [2.24, 2.45) is 0 Å². The fourth-order valence-corrected chi connectivity index (χ4v) is 3.48. The van der Waals surface area contributed by atoms with Crippen LogP contribution in [0.5, 0.6) is 0 Å². The van der Waals surface area contributed by atoms with E-state index >= 15 is 0 Å². The predicted octanol–water partition coefficient (Wildman–Crippen LogP) is 4.41. The highest BCUT2D eigenvalue weighted by atomic mass is 32.2. The van der Waals surface area contributed by atoms with Crippen molar-refractivity contribution < 1.29 is 0 Å². The molecule has 0 amide bonds. The van der Waals surface area contributed by atoms with Gasteiger partial charge in [-0.05, 0) is 32.4 Å². The molecule has 0 spiro atoms. The van der Waals surface area contributed by atoms with Crippen molar-refractivity contribution in [3.8, 4) is 0 Å². The van der Waals surface area contributed by atoms with Gasteiger partial charge in [-0.1, -0.05) is 20.8 Å². The molecule has 18 heavy (non-hydrogen) atoms. The summed E-state index contributed by atoms with van der Waals surface area (Å²) < 4.78 is 0. The highest BCUT2D eigenvalue weighted by molar-refractivity contribution is 7.98. The van der Waals surface area contributed by atoms with Crippen molar-refractivity contribution in [2.75, 3.05) is 5.75 Å². The summed E-state index contributed by atoms with van der Waals surface area (Å²) in [4.78, 5) is 6.21. The van der Waals surface area contributed by atoms with Gasteiger partial charge < -0.3 is 5.32 Å². The summed E-state index contributed by atoms with van der Waals surface area (Å²) in [5, 5.41) is 4.84. The Balaban J connectivity index is 2.77. The summed E-state index contributed by atoms with van der Waals surface area (Å²) in [6, 6.07) is 0. The van der Waals surface area contributed by atoms with Crippen LogP contribution in [0.25, 0.3) is 0 Å². The standard InChI is InChI=1S/C14H26N2S2/c1-7-17-9-12-16-13(10(2)3)11(18-12)8-15-14(4,5)6/h10,15H,7-9H2,1-6H3. The zero-order valence-corrected chi connectivity index (χ0v) is 14.1. The lowest BCUT2D eigenvalue weighted by atomic mass is 10.1. The van der Waals surface area contributed by atoms with Gasteiger partial charge in [0.25, 0.3) is 0 Å². The Morgan fingerprint density at radius 2 is 2.00 bits per heavy atom. The molecule has 0 aliphatic heterocycles. The van der Waals surface area contributed by atoms with E-state index in [4.69, 9.17) is 4.98 Å². The van der Waals surface area contributed by atoms with Crippen LogP contribution in [0.2, 0.25) is 0 Å². The first-order valence-corrected chi connectivity index (χ1v) is 8.62. The van der Waals surface area contributed by atoms with Gasteiger partial charge in [0.15, 0.2) is 0 Å². The Kier molecular flexibility index (Phi) is 6.15. The van der Waals surface area contributed by atoms with Crippen LogP contribution in [-0.2, 0) is 12.3 Å². The van der Waals surface area contributed by atoms with Gasteiger partial charge in [0.2, 0.25) is 0 Å². The first-order valence-electron chi connectivity index (χ1n) is 6.64. The maximum Gasteiger partial charge on any atom is 0.103 e. The average Bonchev–Trinajstić information content (AvgIpc) is 2.66. The molecule has 0 fully saturated rings. The second kappa shape index (κ2) is 6.92. The fraction of sp³-hybridized carbons (Fsp3) is 0.786. The molecule has 0 aliphatic carbocycles. The van der Waals surface area contributed by atoms with Crippen LogP contribution in [0.3, 0.4) is 0 Å². The van der Waals surface area contributed by atoms with Crippen LogP contribution < -0.4 is 5.32 Å². The maximum absolute atomic E-state index is 4.81. The van der Waals surface area contributed by atoms with Crippen molar-refractivity contribution in [2.45, 2.75) is 65.3 Å². The Labute approximate surface area is 120 Å². The number of rotatable bonds is 6. The first kappa shape index (κ1) is 16.0. The van der Waals surface area contributed by atoms with Crippen LogP contribution in [-0.4, -0.2) is 16.3 Å². The molecule has 2 nitrogen and oxygen atoms in total. The molecule has 0 aliphatic rings. The largest absolute Gasteiger partial charge is 0.307 e. The summed E-state index contributed by atoms with van der Waals surface area (Å²) in [5.74, 6) is 2.72. The molecule has 0 aromatic carbocycles. The van der Waals surface area contributed by atoms with Crippen molar-refractivity contribution in [1.29, 1.82) is 0 Å². The number of hydrogen-bond donors (Lipinski definition) is 1. The molecule has 1 aromatic rings. The van der Waals surface area contributed by atoms with Crippen molar-refractivity contribution in [3.63, 3.8) is 0 Å². The molecule has 1 N–H and O–H groups in total. The number of nitrogens with one attached hydrogen (secondary N) is 1. The number of thiazole rings is 1. The smallest absolute Gasteiger partial charge is 0.103 e. The van der Waals surface area contributed by atoms with Gasteiger partial charge in [0.1, 0.15) is 5.01 Å². The maximum atomic E-state index is 4.81. The van der Waals surface area contributed by atoms with Crippen LogP contribution >= 0.6 is 23.1 Å². The van der Waals surface area contributed by atoms with Crippen LogP contribution in [0.15, 0.2) is 0 Å². The fourth-order valence-electron chi connectivity index (χ4n) is 1.59.